The SMILES string of the molecule is CC(=O)OC1=C(c2ncccc2Cl)C(=O)OC1c1ccccc1. The van der Waals surface area contributed by atoms with Gasteiger partial charge >= 0.3 is 11.9 Å². The number of nitrogens with zero attached hydrogens (tertiary/aromatic N) is 1. The summed E-state index contributed by atoms with van der Waals surface area (Å²) in [5, 5.41) is 0.276. The molecule has 0 N–H and O–H groups in total. The highest BCUT2D eigenvalue weighted by Gasteiger charge is 2.40. The van der Waals surface area contributed by atoms with E-state index in [2.05, 4.69) is 4.98 Å². The van der Waals surface area contributed by atoms with E-state index in [4.69, 9.17) is 21.1 Å². The van der Waals surface area contributed by atoms with E-state index in [0.29, 0.717) is 5.56 Å². The van der Waals surface area contributed by atoms with Gasteiger partial charge in [-0.15, -0.1) is 0 Å². The normalized spacial score (nSPS) is 17.1. The third-order valence-corrected chi connectivity index (χ3v) is 3.57. The lowest BCUT2D eigenvalue weighted by Gasteiger charge is -2.13. The topological polar surface area (TPSA) is 65.5 Å². The van der Waals surface area contributed by atoms with Gasteiger partial charge in [0.2, 0.25) is 0 Å². The lowest BCUT2D eigenvalue weighted by molar-refractivity contribution is -0.143. The summed E-state index contributed by atoms with van der Waals surface area (Å²) in [5.74, 6) is -1.08. The fraction of sp³-hybridized carbons (Fsp3) is 0.118. The zero-order valence-electron chi connectivity index (χ0n) is 12.2. The highest BCUT2D eigenvalue weighted by atomic mass is 35.5. The van der Waals surface area contributed by atoms with Crippen LogP contribution in [-0.4, -0.2) is 16.9 Å². The molecule has 116 valence electrons. The van der Waals surface area contributed by atoms with E-state index in [0.717, 1.165) is 0 Å². The van der Waals surface area contributed by atoms with E-state index < -0.39 is 18.0 Å². The van der Waals surface area contributed by atoms with Crippen molar-refractivity contribution in [2.75, 3.05) is 0 Å². The number of hydrogen-bond acceptors (Lipinski definition) is 5. The smallest absolute Gasteiger partial charge is 0.345 e. The molecule has 1 aliphatic rings. The Morgan fingerprint density at radius 2 is 1.96 bits per heavy atom. The number of carbonyl (C=O) groups excluding carboxylic acids is 2. The van der Waals surface area contributed by atoms with Gasteiger partial charge in [-0.3, -0.25) is 9.78 Å². The van der Waals surface area contributed by atoms with E-state index in [9.17, 15) is 9.59 Å². The minimum Gasteiger partial charge on any atom is -0.445 e. The molecule has 2 heterocycles. The predicted octanol–water partition coefficient (Wildman–Crippen LogP) is 3.31. The van der Waals surface area contributed by atoms with Crippen LogP contribution in [0.1, 0.15) is 24.3 Å². The maximum absolute atomic E-state index is 12.3. The third-order valence-electron chi connectivity index (χ3n) is 3.26. The Balaban J connectivity index is 2.16. The molecule has 0 radical (unpaired) electrons. The summed E-state index contributed by atoms with van der Waals surface area (Å²) in [5.41, 5.74) is 0.993. The molecule has 2 aromatic rings. The molecule has 1 unspecified atom stereocenters. The lowest BCUT2D eigenvalue weighted by Crippen LogP contribution is -2.07. The van der Waals surface area contributed by atoms with Crippen molar-refractivity contribution >= 4 is 29.1 Å². The number of ether oxygens (including phenoxy) is 2. The summed E-state index contributed by atoms with van der Waals surface area (Å²) in [6.45, 7) is 1.26. The van der Waals surface area contributed by atoms with Crippen LogP contribution >= 0.6 is 11.6 Å². The van der Waals surface area contributed by atoms with E-state index in [1.165, 1.54) is 13.1 Å². The van der Waals surface area contributed by atoms with Crippen LogP contribution in [0.3, 0.4) is 0 Å². The van der Waals surface area contributed by atoms with E-state index in [1.54, 1.807) is 36.4 Å². The molecule has 5 nitrogen and oxygen atoms in total. The van der Waals surface area contributed by atoms with Crippen molar-refractivity contribution < 1.29 is 19.1 Å². The van der Waals surface area contributed by atoms with E-state index in [-0.39, 0.29) is 22.0 Å². The maximum atomic E-state index is 12.3. The number of halogens is 1. The van der Waals surface area contributed by atoms with Crippen LogP contribution in [0.4, 0.5) is 0 Å². The maximum Gasteiger partial charge on any atom is 0.345 e. The van der Waals surface area contributed by atoms with Crippen molar-refractivity contribution in [3.63, 3.8) is 0 Å². The number of aromatic nitrogens is 1. The monoisotopic (exact) mass is 329 g/mol. The molecule has 0 aliphatic carbocycles. The predicted molar refractivity (Wildman–Crippen MR) is 83.2 cm³/mol. The molecule has 1 aromatic carbocycles. The lowest BCUT2D eigenvalue weighted by atomic mass is 10.0. The van der Waals surface area contributed by atoms with Gasteiger partial charge in [-0.1, -0.05) is 41.9 Å². The van der Waals surface area contributed by atoms with Crippen LogP contribution in [0.2, 0.25) is 5.02 Å². The Kier molecular flexibility index (Phi) is 4.12. The first-order chi connectivity index (χ1) is 11.1. The Morgan fingerprint density at radius 1 is 1.22 bits per heavy atom. The minimum atomic E-state index is -0.805. The fourth-order valence-electron chi connectivity index (χ4n) is 2.34. The minimum absolute atomic E-state index is 0.0691. The first kappa shape index (κ1) is 15.2. The molecule has 0 saturated carbocycles. The second kappa shape index (κ2) is 6.22. The van der Waals surface area contributed by atoms with Gasteiger partial charge in [-0.2, -0.15) is 0 Å². The Labute approximate surface area is 137 Å². The average molecular weight is 330 g/mol. The first-order valence-corrected chi connectivity index (χ1v) is 7.25. The molecule has 0 amide bonds. The van der Waals surface area contributed by atoms with Crippen molar-refractivity contribution in [3.8, 4) is 0 Å². The van der Waals surface area contributed by atoms with Crippen LogP contribution in [0.25, 0.3) is 5.57 Å². The van der Waals surface area contributed by atoms with Gasteiger partial charge in [0.1, 0.15) is 5.57 Å². The Morgan fingerprint density at radius 3 is 2.61 bits per heavy atom. The van der Waals surface area contributed by atoms with Gasteiger partial charge in [-0.25, -0.2) is 4.79 Å². The molecule has 1 aromatic heterocycles. The third kappa shape index (κ3) is 2.96. The van der Waals surface area contributed by atoms with Crippen LogP contribution < -0.4 is 0 Å². The zero-order valence-corrected chi connectivity index (χ0v) is 12.9. The van der Waals surface area contributed by atoms with Gasteiger partial charge in [0, 0.05) is 18.7 Å². The summed E-state index contributed by atoms with van der Waals surface area (Å²) >= 11 is 6.12. The second-order valence-electron chi connectivity index (χ2n) is 4.86. The summed E-state index contributed by atoms with van der Waals surface area (Å²) in [6, 6.07) is 12.3. The molecule has 0 spiro atoms. The van der Waals surface area contributed by atoms with Crippen molar-refractivity contribution in [2.24, 2.45) is 0 Å². The van der Waals surface area contributed by atoms with Gasteiger partial charge in [0.15, 0.2) is 11.9 Å². The van der Waals surface area contributed by atoms with Crippen LogP contribution in [0.5, 0.6) is 0 Å². The number of hydrogen-bond donors (Lipinski definition) is 0. The number of cyclic esters (lactones) is 1. The molecule has 3 rings (SSSR count). The summed E-state index contributed by atoms with van der Waals surface area (Å²) in [6.07, 6.45) is 0.698. The zero-order chi connectivity index (χ0) is 16.4. The average Bonchev–Trinajstić information content (AvgIpc) is 2.85. The molecule has 1 atom stereocenters. The van der Waals surface area contributed by atoms with Crippen LogP contribution in [0, 0.1) is 0 Å². The summed E-state index contributed by atoms with van der Waals surface area (Å²) in [7, 11) is 0. The molecule has 0 saturated heterocycles. The number of carbonyl (C=O) groups is 2. The Bertz CT molecular complexity index is 801. The molecule has 0 fully saturated rings. The van der Waals surface area contributed by atoms with Gasteiger partial charge in [-0.05, 0) is 12.1 Å². The number of rotatable bonds is 3. The van der Waals surface area contributed by atoms with Gasteiger partial charge in [0.05, 0.1) is 10.7 Å². The summed E-state index contributed by atoms with van der Waals surface area (Å²) in [4.78, 5) is 27.9. The Hall–Kier alpha value is -2.66. The fourth-order valence-corrected chi connectivity index (χ4v) is 2.56. The second-order valence-corrected chi connectivity index (χ2v) is 5.27. The van der Waals surface area contributed by atoms with E-state index in [1.807, 2.05) is 6.07 Å². The van der Waals surface area contributed by atoms with Crippen molar-refractivity contribution in [2.45, 2.75) is 13.0 Å². The number of pyridine rings is 1. The molecule has 0 bridgehead atoms. The largest absolute Gasteiger partial charge is 0.445 e. The van der Waals surface area contributed by atoms with Crippen molar-refractivity contribution in [1.29, 1.82) is 0 Å². The van der Waals surface area contributed by atoms with Gasteiger partial charge < -0.3 is 9.47 Å². The molecular formula is C17H12ClNO4. The quantitative estimate of drug-likeness (QED) is 0.808. The highest BCUT2D eigenvalue weighted by Crippen LogP contribution is 2.41. The molecule has 23 heavy (non-hydrogen) atoms. The van der Waals surface area contributed by atoms with E-state index >= 15 is 0 Å². The van der Waals surface area contributed by atoms with Crippen LogP contribution in [-0.2, 0) is 19.1 Å². The molecule has 6 heteroatoms. The molecular weight excluding hydrogens is 318 g/mol. The van der Waals surface area contributed by atoms with Crippen molar-refractivity contribution in [1.82, 2.24) is 4.98 Å². The van der Waals surface area contributed by atoms with Gasteiger partial charge in [0.25, 0.3) is 0 Å². The standard InChI is InChI=1S/C17H12ClNO4/c1-10(20)22-16-13(14-12(18)8-5-9-19-14)17(21)23-15(16)11-6-3-2-4-7-11/h2-9,15H,1H3. The first-order valence-electron chi connectivity index (χ1n) is 6.87. The van der Waals surface area contributed by atoms with Crippen molar-refractivity contribution in [3.05, 3.63) is 70.7 Å². The number of esters is 2. The highest BCUT2D eigenvalue weighted by molar-refractivity contribution is 6.34. The number of benzene rings is 1. The van der Waals surface area contributed by atoms with Crippen LogP contribution in [0.15, 0.2) is 54.4 Å². The summed E-state index contributed by atoms with van der Waals surface area (Å²) < 4.78 is 10.7. The molecule has 1 aliphatic heterocycles.